The highest BCUT2D eigenvalue weighted by atomic mass is 32.2. The third kappa shape index (κ3) is 3.94. The smallest absolute Gasteiger partial charge is 0.333 e. The van der Waals surface area contributed by atoms with E-state index >= 15 is 0 Å². The van der Waals surface area contributed by atoms with Crippen molar-refractivity contribution in [3.05, 3.63) is 30.0 Å². The molecule has 1 rings (SSSR count). The van der Waals surface area contributed by atoms with E-state index in [0.29, 0.717) is 17.1 Å². The average Bonchev–Trinajstić information content (AvgIpc) is 2.30. The van der Waals surface area contributed by atoms with Gasteiger partial charge in [-0.2, -0.15) is 0 Å². The van der Waals surface area contributed by atoms with Crippen molar-refractivity contribution in [1.82, 2.24) is 4.98 Å². The van der Waals surface area contributed by atoms with Gasteiger partial charge in [0.25, 0.3) is 0 Å². The lowest BCUT2D eigenvalue weighted by molar-refractivity contribution is -0.136. The number of carbonyl (C=O) groups is 1. The zero-order valence-electron chi connectivity index (χ0n) is 9.27. The SMILES string of the molecule is COC(=O)C(C)=CCSc1ccc(N)nc1. The summed E-state index contributed by atoms with van der Waals surface area (Å²) in [6, 6.07) is 3.65. The van der Waals surface area contributed by atoms with E-state index in [1.807, 2.05) is 12.1 Å². The summed E-state index contributed by atoms with van der Waals surface area (Å²) in [5.74, 6) is 0.911. The molecule has 1 aromatic rings. The Hall–Kier alpha value is -1.49. The summed E-state index contributed by atoms with van der Waals surface area (Å²) in [6.45, 7) is 1.73. The first kappa shape index (κ1) is 12.6. The van der Waals surface area contributed by atoms with Gasteiger partial charge >= 0.3 is 5.97 Å². The van der Waals surface area contributed by atoms with Crippen LogP contribution in [-0.2, 0) is 9.53 Å². The molecule has 16 heavy (non-hydrogen) atoms. The number of hydrogen-bond acceptors (Lipinski definition) is 5. The standard InChI is InChI=1S/C11H14N2O2S/c1-8(11(14)15-2)5-6-16-9-3-4-10(12)13-7-9/h3-5,7H,6H2,1-2H3,(H2,12,13). The largest absolute Gasteiger partial charge is 0.466 e. The molecule has 0 spiro atoms. The number of hydrogen-bond donors (Lipinski definition) is 1. The Morgan fingerprint density at radius 1 is 1.62 bits per heavy atom. The number of pyridine rings is 1. The Labute approximate surface area is 98.9 Å². The molecule has 0 amide bonds. The van der Waals surface area contributed by atoms with E-state index in [4.69, 9.17) is 5.73 Å². The Morgan fingerprint density at radius 3 is 2.94 bits per heavy atom. The molecular formula is C11H14N2O2S. The zero-order valence-corrected chi connectivity index (χ0v) is 10.1. The first-order valence-electron chi connectivity index (χ1n) is 4.73. The summed E-state index contributed by atoms with van der Waals surface area (Å²) < 4.78 is 4.59. The van der Waals surface area contributed by atoms with Crippen LogP contribution in [0.15, 0.2) is 34.9 Å². The van der Waals surface area contributed by atoms with E-state index in [2.05, 4.69) is 9.72 Å². The molecule has 0 aliphatic carbocycles. The molecule has 0 fully saturated rings. The highest BCUT2D eigenvalue weighted by Gasteiger charge is 2.01. The third-order valence-corrected chi connectivity index (χ3v) is 2.81. The molecule has 0 bridgehead atoms. The molecule has 0 saturated heterocycles. The fraction of sp³-hybridized carbons (Fsp3) is 0.273. The van der Waals surface area contributed by atoms with Crippen LogP contribution in [0.1, 0.15) is 6.92 Å². The molecule has 0 aromatic carbocycles. The molecule has 0 atom stereocenters. The lowest BCUT2D eigenvalue weighted by Gasteiger charge is -2.00. The van der Waals surface area contributed by atoms with Crippen molar-refractivity contribution in [2.75, 3.05) is 18.6 Å². The van der Waals surface area contributed by atoms with Crippen molar-refractivity contribution in [3.8, 4) is 0 Å². The Morgan fingerprint density at radius 2 is 2.38 bits per heavy atom. The van der Waals surface area contributed by atoms with Crippen LogP contribution in [0.2, 0.25) is 0 Å². The molecule has 4 nitrogen and oxygen atoms in total. The number of thioether (sulfide) groups is 1. The van der Waals surface area contributed by atoms with Gasteiger partial charge in [-0.05, 0) is 19.1 Å². The van der Waals surface area contributed by atoms with Gasteiger partial charge in [-0.1, -0.05) is 6.08 Å². The van der Waals surface area contributed by atoms with Gasteiger partial charge in [-0.15, -0.1) is 11.8 Å². The molecule has 5 heteroatoms. The predicted octanol–water partition coefficient (Wildman–Crippen LogP) is 1.88. The minimum atomic E-state index is -0.295. The summed E-state index contributed by atoms with van der Waals surface area (Å²) in [5.41, 5.74) is 6.08. The molecule has 0 unspecified atom stereocenters. The summed E-state index contributed by atoms with van der Waals surface area (Å²) in [6.07, 6.45) is 3.54. The maximum Gasteiger partial charge on any atom is 0.333 e. The minimum Gasteiger partial charge on any atom is -0.466 e. The second-order valence-corrected chi connectivity index (χ2v) is 4.20. The van der Waals surface area contributed by atoms with E-state index in [0.717, 1.165) is 4.90 Å². The normalized spacial score (nSPS) is 11.2. The highest BCUT2D eigenvalue weighted by Crippen LogP contribution is 2.17. The van der Waals surface area contributed by atoms with E-state index in [1.165, 1.54) is 7.11 Å². The van der Waals surface area contributed by atoms with Crippen molar-refractivity contribution >= 4 is 23.5 Å². The number of nitrogens with two attached hydrogens (primary N) is 1. The topological polar surface area (TPSA) is 65.2 Å². The fourth-order valence-corrected chi connectivity index (χ4v) is 1.80. The van der Waals surface area contributed by atoms with Crippen LogP contribution in [0.4, 0.5) is 5.82 Å². The maximum atomic E-state index is 11.1. The Bertz CT molecular complexity index is 387. The monoisotopic (exact) mass is 238 g/mol. The minimum absolute atomic E-state index is 0.295. The van der Waals surface area contributed by atoms with Crippen LogP contribution >= 0.6 is 11.8 Å². The van der Waals surface area contributed by atoms with Gasteiger partial charge in [-0.3, -0.25) is 0 Å². The van der Waals surface area contributed by atoms with Gasteiger partial charge in [0, 0.05) is 22.4 Å². The van der Waals surface area contributed by atoms with Gasteiger partial charge in [0.05, 0.1) is 7.11 Å². The summed E-state index contributed by atoms with van der Waals surface area (Å²) in [4.78, 5) is 16.1. The number of methoxy groups -OCH3 is 1. The van der Waals surface area contributed by atoms with Gasteiger partial charge in [0.15, 0.2) is 0 Å². The summed E-state index contributed by atoms with van der Waals surface area (Å²) in [7, 11) is 1.37. The number of nitrogens with zero attached hydrogens (tertiary/aromatic N) is 1. The zero-order chi connectivity index (χ0) is 12.0. The molecule has 86 valence electrons. The molecule has 0 aliphatic heterocycles. The van der Waals surface area contributed by atoms with Gasteiger partial charge in [0.2, 0.25) is 0 Å². The second kappa shape index (κ2) is 6.17. The number of aromatic nitrogens is 1. The van der Waals surface area contributed by atoms with Crippen LogP contribution in [0, 0.1) is 0 Å². The number of rotatable bonds is 4. The van der Waals surface area contributed by atoms with Crippen LogP contribution in [0.5, 0.6) is 0 Å². The first-order valence-corrected chi connectivity index (χ1v) is 5.71. The van der Waals surface area contributed by atoms with Crippen LogP contribution in [0.3, 0.4) is 0 Å². The van der Waals surface area contributed by atoms with Gasteiger partial charge in [-0.25, -0.2) is 9.78 Å². The molecule has 0 radical (unpaired) electrons. The molecule has 0 saturated carbocycles. The van der Waals surface area contributed by atoms with Crippen molar-refractivity contribution in [2.45, 2.75) is 11.8 Å². The predicted molar refractivity (Wildman–Crippen MR) is 65.1 cm³/mol. The third-order valence-electron chi connectivity index (χ3n) is 1.91. The van der Waals surface area contributed by atoms with Crippen molar-refractivity contribution < 1.29 is 9.53 Å². The quantitative estimate of drug-likeness (QED) is 0.493. The first-order chi connectivity index (χ1) is 7.63. The Kier molecular flexibility index (Phi) is 4.85. The highest BCUT2D eigenvalue weighted by molar-refractivity contribution is 7.99. The lowest BCUT2D eigenvalue weighted by Crippen LogP contribution is -2.01. The lowest BCUT2D eigenvalue weighted by atomic mass is 10.3. The van der Waals surface area contributed by atoms with Crippen LogP contribution in [0.25, 0.3) is 0 Å². The van der Waals surface area contributed by atoms with Crippen molar-refractivity contribution in [2.24, 2.45) is 0 Å². The van der Waals surface area contributed by atoms with E-state index in [1.54, 1.807) is 30.9 Å². The molecular weight excluding hydrogens is 224 g/mol. The number of anilines is 1. The average molecular weight is 238 g/mol. The van der Waals surface area contributed by atoms with Gasteiger partial charge in [0.1, 0.15) is 5.82 Å². The maximum absolute atomic E-state index is 11.1. The number of nitrogen functional groups attached to an aromatic ring is 1. The number of carbonyl (C=O) groups excluding carboxylic acids is 1. The summed E-state index contributed by atoms with van der Waals surface area (Å²) in [5, 5.41) is 0. The van der Waals surface area contributed by atoms with Gasteiger partial charge < -0.3 is 10.5 Å². The molecule has 1 heterocycles. The van der Waals surface area contributed by atoms with E-state index < -0.39 is 0 Å². The van der Waals surface area contributed by atoms with E-state index in [-0.39, 0.29) is 5.97 Å². The van der Waals surface area contributed by atoms with Crippen LogP contribution < -0.4 is 5.73 Å². The number of esters is 1. The molecule has 2 N–H and O–H groups in total. The summed E-state index contributed by atoms with van der Waals surface area (Å²) >= 11 is 1.58. The number of ether oxygens (including phenoxy) is 1. The molecule has 1 aromatic heterocycles. The van der Waals surface area contributed by atoms with Crippen molar-refractivity contribution in [1.29, 1.82) is 0 Å². The van der Waals surface area contributed by atoms with E-state index in [9.17, 15) is 4.79 Å². The fourth-order valence-electron chi connectivity index (χ4n) is 0.984. The molecule has 0 aliphatic rings. The second-order valence-electron chi connectivity index (χ2n) is 3.11. The van der Waals surface area contributed by atoms with Crippen LogP contribution in [-0.4, -0.2) is 23.8 Å². The Balaban J connectivity index is 2.46. The van der Waals surface area contributed by atoms with Crippen molar-refractivity contribution in [3.63, 3.8) is 0 Å².